The van der Waals surface area contributed by atoms with Gasteiger partial charge in [-0.2, -0.15) is 0 Å². The highest BCUT2D eigenvalue weighted by Gasteiger charge is 2.16. The fraction of sp³-hybridized carbons (Fsp3) is 0.583. The molecule has 0 spiro atoms. The van der Waals surface area contributed by atoms with E-state index < -0.39 is 0 Å². The third-order valence-electron chi connectivity index (χ3n) is 2.87. The van der Waals surface area contributed by atoms with Crippen LogP contribution >= 0.6 is 11.6 Å². The lowest BCUT2D eigenvalue weighted by molar-refractivity contribution is 0.0535. The maximum absolute atomic E-state index is 11.9. The number of nitrogens with zero attached hydrogens (tertiary/aromatic N) is 2. The van der Waals surface area contributed by atoms with Crippen molar-refractivity contribution in [3.63, 3.8) is 0 Å². The predicted octanol–water partition coefficient (Wildman–Crippen LogP) is 1.59. The molecular weight excluding hydrogens is 254 g/mol. The number of nitrogens with one attached hydrogen (secondary N) is 1. The highest BCUT2D eigenvalue weighted by Crippen LogP contribution is 2.12. The van der Waals surface area contributed by atoms with E-state index in [9.17, 15) is 4.79 Å². The van der Waals surface area contributed by atoms with Gasteiger partial charge in [0.1, 0.15) is 5.69 Å². The number of hydrogen-bond donors (Lipinski definition) is 1. The Kier molecular flexibility index (Phi) is 4.49. The molecule has 1 aromatic rings. The Bertz CT molecular complexity index is 413. The molecule has 1 saturated heterocycles. The van der Waals surface area contributed by atoms with E-state index in [-0.39, 0.29) is 11.2 Å². The molecule has 0 aromatic carbocycles. The number of aryl methyl sites for hydroxylation is 1. The van der Waals surface area contributed by atoms with Crippen molar-refractivity contribution in [3.8, 4) is 0 Å². The third kappa shape index (κ3) is 3.65. The average Bonchev–Trinajstić information content (AvgIpc) is 2.36. The molecule has 6 heteroatoms. The molecule has 1 fully saturated rings. The molecule has 1 aromatic heterocycles. The molecule has 2 rings (SSSR count). The van der Waals surface area contributed by atoms with E-state index in [0.717, 1.165) is 19.4 Å². The lowest BCUT2D eigenvalue weighted by Crippen LogP contribution is -2.33. The second kappa shape index (κ2) is 6.11. The lowest BCUT2D eigenvalue weighted by atomic mass is 10.0. The van der Waals surface area contributed by atoms with Crippen LogP contribution in [0.5, 0.6) is 0 Å². The zero-order valence-electron chi connectivity index (χ0n) is 10.3. The number of halogens is 1. The normalized spacial score (nSPS) is 19.6. The maximum Gasteiger partial charge on any atom is 0.270 e. The molecule has 1 unspecified atom stereocenters. The van der Waals surface area contributed by atoms with Crippen molar-refractivity contribution in [1.29, 1.82) is 0 Å². The molecule has 0 bridgehead atoms. The van der Waals surface area contributed by atoms with Crippen molar-refractivity contribution < 1.29 is 9.53 Å². The van der Waals surface area contributed by atoms with E-state index in [4.69, 9.17) is 16.3 Å². The fourth-order valence-corrected chi connectivity index (χ4v) is 2.17. The quantitative estimate of drug-likeness (QED) is 0.847. The van der Waals surface area contributed by atoms with Crippen LogP contribution < -0.4 is 5.32 Å². The summed E-state index contributed by atoms with van der Waals surface area (Å²) in [6.07, 6.45) is 2.14. The van der Waals surface area contributed by atoms with Crippen LogP contribution in [0.4, 0.5) is 0 Å². The highest BCUT2D eigenvalue weighted by molar-refractivity contribution is 6.28. The highest BCUT2D eigenvalue weighted by atomic mass is 35.5. The van der Waals surface area contributed by atoms with Crippen LogP contribution in [0.25, 0.3) is 0 Å². The van der Waals surface area contributed by atoms with E-state index in [2.05, 4.69) is 15.3 Å². The maximum atomic E-state index is 11.9. The van der Waals surface area contributed by atoms with Gasteiger partial charge in [0.05, 0.1) is 6.61 Å². The summed E-state index contributed by atoms with van der Waals surface area (Å²) < 4.78 is 5.36. The molecule has 1 amide bonds. The van der Waals surface area contributed by atoms with Crippen molar-refractivity contribution in [2.45, 2.75) is 19.8 Å². The number of aromatic nitrogens is 2. The summed E-state index contributed by atoms with van der Waals surface area (Å²) in [6.45, 7) is 3.92. The van der Waals surface area contributed by atoms with Gasteiger partial charge in [0.25, 0.3) is 5.91 Å². The van der Waals surface area contributed by atoms with Crippen LogP contribution in [0, 0.1) is 12.8 Å². The molecular formula is C12H16ClN3O2. The van der Waals surface area contributed by atoms with E-state index in [0.29, 0.717) is 30.5 Å². The van der Waals surface area contributed by atoms with Gasteiger partial charge in [-0.25, -0.2) is 9.97 Å². The number of amides is 1. The van der Waals surface area contributed by atoms with Crippen molar-refractivity contribution in [2.75, 3.05) is 19.8 Å². The summed E-state index contributed by atoms with van der Waals surface area (Å²) in [6, 6.07) is 1.62. The van der Waals surface area contributed by atoms with E-state index >= 15 is 0 Å². The van der Waals surface area contributed by atoms with Gasteiger partial charge in [0, 0.05) is 18.8 Å². The second-order valence-electron chi connectivity index (χ2n) is 4.46. The Hall–Kier alpha value is -1.20. The molecule has 2 heterocycles. The Morgan fingerprint density at radius 2 is 2.44 bits per heavy atom. The van der Waals surface area contributed by atoms with Crippen LogP contribution in [0.3, 0.4) is 0 Å². The average molecular weight is 270 g/mol. The SMILES string of the molecule is Cc1cc(C(=O)NCC2CCCOC2)nc(Cl)n1. The molecule has 1 atom stereocenters. The first-order valence-electron chi connectivity index (χ1n) is 6.02. The molecule has 0 aliphatic carbocycles. The van der Waals surface area contributed by atoms with Gasteiger partial charge in [0.2, 0.25) is 5.28 Å². The van der Waals surface area contributed by atoms with Gasteiger partial charge >= 0.3 is 0 Å². The molecule has 1 aliphatic heterocycles. The second-order valence-corrected chi connectivity index (χ2v) is 4.79. The Labute approximate surface area is 111 Å². The first kappa shape index (κ1) is 13.2. The number of ether oxygens (including phenoxy) is 1. The summed E-state index contributed by atoms with van der Waals surface area (Å²) in [5.41, 5.74) is 0.991. The van der Waals surface area contributed by atoms with Crippen LogP contribution in [-0.4, -0.2) is 35.6 Å². The number of hydrogen-bond acceptors (Lipinski definition) is 4. The molecule has 1 N–H and O–H groups in total. The first-order chi connectivity index (χ1) is 8.65. The Balaban J connectivity index is 1.90. The molecule has 98 valence electrons. The number of rotatable bonds is 3. The van der Waals surface area contributed by atoms with E-state index in [1.807, 2.05) is 0 Å². The summed E-state index contributed by atoms with van der Waals surface area (Å²) in [5, 5.41) is 2.95. The molecule has 5 nitrogen and oxygen atoms in total. The molecule has 1 aliphatic rings. The smallest absolute Gasteiger partial charge is 0.270 e. The Morgan fingerprint density at radius 3 is 3.11 bits per heavy atom. The Morgan fingerprint density at radius 1 is 1.61 bits per heavy atom. The largest absolute Gasteiger partial charge is 0.381 e. The monoisotopic (exact) mass is 269 g/mol. The summed E-state index contributed by atoms with van der Waals surface area (Å²) in [4.78, 5) is 19.7. The minimum Gasteiger partial charge on any atom is -0.381 e. The molecule has 0 saturated carbocycles. The summed E-state index contributed by atoms with van der Waals surface area (Å²) in [7, 11) is 0. The van der Waals surface area contributed by atoms with Gasteiger partial charge in [-0.05, 0) is 43.4 Å². The van der Waals surface area contributed by atoms with Crippen LogP contribution in [0.1, 0.15) is 29.0 Å². The summed E-state index contributed by atoms with van der Waals surface area (Å²) in [5.74, 6) is 0.175. The van der Waals surface area contributed by atoms with Crippen LogP contribution in [-0.2, 0) is 4.74 Å². The minimum absolute atomic E-state index is 0.0983. The third-order valence-corrected chi connectivity index (χ3v) is 3.03. The number of carbonyl (C=O) groups excluding carboxylic acids is 1. The van der Waals surface area contributed by atoms with Gasteiger partial charge in [-0.3, -0.25) is 4.79 Å². The van der Waals surface area contributed by atoms with Crippen molar-refractivity contribution in [1.82, 2.24) is 15.3 Å². The standard InChI is InChI=1S/C12H16ClN3O2/c1-8-5-10(16-12(13)15-8)11(17)14-6-9-3-2-4-18-7-9/h5,9H,2-4,6-7H2,1H3,(H,14,17). The van der Waals surface area contributed by atoms with Gasteiger partial charge in [-0.15, -0.1) is 0 Å². The van der Waals surface area contributed by atoms with Crippen LogP contribution in [0.15, 0.2) is 6.07 Å². The fourth-order valence-electron chi connectivity index (χ4n) is 1.94. The number of carbonyl (C=O) groups is 1. The van der Waals surface area contributed by atoms with Gasteiger partial charge in [0.15, 0.2) is 0 Å². The lowest BCUT2D eigenvalue weighted by Gasteiger charge is -2.22. The molecule has 18 heavy (non-hydrogen) atoms. The van der Waals surface area contributed by atoms with Crippen molar-refractivity contribution >= 4 is 17.5 Å². The zero-order chi connectivity index (χ0) is 13.0. The van der Waals surface area contributed by atoms with Crippen molar-refractivity contribution in [2.24, 2.45) is 5.92 Å². The minimum atomic E-state index is -0.215. The van der Waals surface area contributed by atoms with Crippen molar-refractivity contribution in [3.05, 3.63) is 22.7 Å². The predicted molar refractivity (Wildman–Crippen MR) is 67.7 cm³/mol. The van der Waals surface area contributed by atoms with E-state index in [1.54, 1.807) is 13.0 Å². The topological polar surface area (TPSA) is 64.1 Å². The van der Waals surface area contributed by atoms with Gasteiger partial charge < -0.3 is 10.1 Å². The van der Waals surface area contributed by atoms with Gasteiger partial charge in [-0.1, -0.05) is 0 Å². The molecule has 0 radical (unpaired) electrons. The summed E-state index contributed by atoms with van der Waals surface area (Å²) >= 11 is 5.72. The van der Waals surface area contributed by atoms with Crippen LogP contribution in [0.2, 0.25) is 5.28 Å². The zero-order valence-corrected chi connectivity index (χ0v) is 11.0. The first-order valence-corrected chi connectivity index (χ1v) is 6.40. The van der Waals surface area contributed by atoms with E-state index in [1.165, 1.54) is 0 Å².